The summed E-state index contributed by atoms with van der Waals surface area (Å²) in [6.45, 7) is 2.49. The molecule has 6 nitrogen and oxygen atoms in total. The van der Waals surface area contributed by atoms with E-state index in [0.717, 1.165) is 17.5 Å². The fourth-order valence-electron chi connectivity index (χ4n) is 3.45. The van der Waals surface area contributed by atoms with Crippen LogP contribution in [-0.2, 0) is 20.9 Å². The van der Waals surface area contributed by atoms with Gasteiger partial charge in [0.05, 0.1) is 11.8 Å². The molecule has 1 aromatic carbocycles. The van der Waals surface area contributed by atoms with Gasteiger partial charge in [-0.2, -0.15) is 0 Å². The largest absolute Gasteiger partial charge is 0.481 e. The van der Waals surface area contributed by atoms with E-state index in [9.17, 15) is 19.5 Å². The summed E-state index contributed by atoms with van der Waals surface area (Å²) >= 11 is 1.57. The molecule has 7 heteroatoms. The van der Waals surface area contributed by atoms with Gasteiger partial charge in [0.2, 0.25) is 11.8 Å². The van der Waals surface area contributed by atoms with Crippen LogP contribution in [0.15, 0.2) is 24.3 Å². The fraction of sp³-hybridized carbons (Fsp3) is 0.500. The number of rotatable bonds is 4. The number of carboxylic acids is 1. The van der Waals surface area contributed by atoms with Gasteiger partial charge >= 0.3 is 5.97 Å². The molecule has 2 amide bonds. The first-order valence-corrected chi connectivity index (χ1v) is 9.65. The van der Waals surface area contributed by atoms with Crippen molar-refractivity contribution in [3.05, 3.63) is 35.4 Å². The Labute approximate surface area is 151 Å². The molecule has 0 aromatic heterocycles. The Hall–Kier alpha value is -2.02. The molecule has 1 aromatic rings. The lowest BCUT2D eigenvalue weighted by Crippen LogP contribution is -2.51. The van der Waals surface area contributed by atoms with Crippen LogP contribution >= 0.6 is 11.8 Å². The molecule has 0 radical (unpaired) electrons. The molecule has 1 fully saturated rings. The molecule has 3 rings (SSSR count). The minimum absolute atomic E-state index is 0.00181. The molecule has 1 saturated heterocycles. The van der Waals surface area contributed by atoms with E-state index >= 15 is 0 Å². The lowest BCUT2D eigenvalue weighted by atomic mass is 9.89. The Morgan fingerprint density at radius 3 is 2.76 bits per heavy atom. The molecule has 0 saturated carbocycles. The smallest absolute Gasteiger partial charge is 0.312 e. The van der Waals surface area contributed by atoms with E-state index in [-0.39, 0.29) is 18.4 Å². The number of amides is 2. The highest BCUT2D eigenvalue weighted by atomic mass is 32.2. The molecule has 2 aliphatic rings. The number of nitrogens with zero attached hydrogens (tertiary/aromatic N) is 2. The molecule has 2 heterocycles. The van der Waals surface area contributed by atoms with Crippen molar-refractivity contribution in [1.29, 1.82) is 0 Å². The van der Waals surface area contributed by atoms with Crippen LogP contribution in [0.25, 0.3) is 0 Å². The third kappa shape index (κ3) is 3.51. The zero-order valence-electron chi connectivity index (χ0n) is 14.2. The third-order valence-corrected chi connectivity index (χ3v) is 5.77. The number of fused-ring (bicyclic) bond motifs is 1. The number of hydrogen-bond acceptors (Lipinski definition) is 4. The molecule has 2 aliphatic heterocycles. The SMILES string of the molecule is CCCC(=O)N1CSCC1C(=O)N1Cc2ccccc2C(C(=O)O)C1. The summed E-state index contributed by atoms with van der Waals surface area (Å²) in [4.78, 5) is 40.2. The predicted octanol–water partition coefficient (Wildman–Crippen LogP) is 1.90. The van der Waals surface area contributed by atoms with Crippen molar-refractivity contribution in [2.45, 2.75) is 38.3 Å². The van der Waals surface area contributed by atoms with E-state index in [1.807, 2.05) is 31.2 Å². The highest BCUT2D eigenvalue weighted by Crippen LogP contribution is 2.31. The standard InChI is InChI=1S/C18H22N2O4S/c1-2-5-16(21)20-11-25-10-15(20)17(22)19-8-12-6-3-4-7-13(12)14(9-19)18(23)24/h3-4,6-7,14-15H,2,5,8-11H2,1H3,(H,23,24). The molecule has 25 heavy (non-hydrogen) atoms. The second kappa shape index (κ2) is 7.47. The summed E-state index contributed by atoms with van der Waals surface area (Å²) in [5.41, 5.74) is 1.64. The van der Waals surface area contributed by atoms with Crippen LogP contribution in [0, 0.1) is 0 Å². The van der Waals surface area contributed by atoms with E-state index < -0.39 is 17.9 Å². The lowest BCUT2D eigenvalue weighted by molar-refractivity contribution is -0.146. The van der Waals surface area contributed by atoms with Crippen LogP contribution in [-0.4, -0.2) is 56.9 Å². The van der Waals surface area contributed by atoms with Crippen LogP contribution in [0.5, 0.6) is 0 Å². The highest BCUT2D eigenvalue weighted by Gasteiger charge is 2.40. The van der Waals surface area contributed by atoms with E-state index in [0.29, 0.717) is 24.6 Å². The maximum atomic E-state index is 13.0. The zero-order valence-corrected chi connectivity index (χ0v) is 15.0. The summed E-state index contributed by atoms with van der Waals surface area (Å²) in [6, 6.07) is 6.88. The van der Waals surface area contributed by atoms with Crippen molar-refractivity contribution in [3.63, 3.8) is 0 Å². The van der Waals surface area contributed by atoms with Crippen LogP contribution in [0.1, 0.15) is 36.8 Å². The molecule has 2 atom stereocenters. The topological polar surface area (TPSA) is 77.9 Å². The van der Waals surface area contributed by atoms with Crippen molar-refractivity contribution in [1.82, 2.24) is 9.80 Å². The molecular weight excluding hydrogens is 340 g/mol. The average Bonchev–Trinajstić information content (AvgIpc) is 3.10. The van der Waals surface area contributed by atoms with E-state index in [1.165, 1.54) is 0 Å². The Bertz CT molecular complexity index is 693. The van der Waals surface area contributed by atoms with Crippen molar-refractivity contribution in [3.8, 4) is 0 Å². The maximum Gasteiger partial charge on any atom is 0.312 e. The molecule has 134 valence electrons. The van der Waals surface area contributed by atoms with Gasteiger partial charge in [0, 0.05) is 25.3 Å². The number of thioether (sulfide) groups is 1. The monoisotopic (exact) mass is 362 g/mol. The van der Waals surface area contributed by atoms with Gasteiger partial charge in [-0.1, -0.05) is 31.2 Å². The van der Waals surface area contributed by atoms with Gasteiger partial charge in [-0.3, -0.25) is 14.4 Å². The van der Waals surface area contributed by atoms with Crippen molar-refractivity contribution in [2.75, 3.05) is 18.2 Å². The molecule has 2 unspecified atom stereocenters. The zero-order chi connectivity index (χ0) is 18.0. The van der Waals surface area contributed by atoms with Crippen molar-refractivity contribution < 1.29 is 19.5 Å². The molecular formula is C18H22N2O4S. The first-order valence-electron chi connectivity index (χ1n) is 8.49. The van der Waals surface area contributed by atoms with Gasteiger partial charge in [0.15, 0.2) is 0 Å². The molecule has 0 aliphatic carbocycles. The van der Waals surface area contributed by atoms with Gasteiger partial charge in [0.1, 0.15) is 6.04 Å². The van der Waals surface area contributed by atoms with E-state index in [1.54, 1.807) is 21.6 Å². The summed E-state index contributed by atoms with van der Waals surface area (Å²) in [6.07, 6.45) is 1.18. The van der Waals surface area contributed by atoms with E-state index in [4.69, 9.17) is 0 Å². The number of hydrogen-bond donors (Lipinski definition) is 1. The summed E-state index contributed by atoms with van der Waals surface area (Å²) in [5.74, 6) is -0.688. The quantitative estimate of drug-likeness (QED) is 0.885. The van der Waals surface area contributed by atoms with Gasteiger partial charge in [-0.05, 0) is 17.5 Å². The number of aliphatic carboxylic acids is 1. The average molecular weight is 362 g/mol. The Balaban J connectivity index is 1.81. The normalized spacial score (nSPS) is 22.6. The first kappa shape index (κ1) is 17.8. The predicted molar refractivity (Wildman–Crippen MR) is 95.1 cm³/mol. The van der Waals surface area contributed by atoms with Crippen molar-refractivity contribution >= 4 is 29.5 Å². The minimum Gasteiger partial charge on any atom is -0.481 e. The highest BCUT2D eigenvalue weighted by molar-refractivity contribution is 7.99. The van der Waals surface area contributed by atoms with Crippen LogP contribution < -0.4 is 0 Å². The van der Waals surface area contributed by atoms with Crippen molar-refractivity contribution in [2.24, 2.45) is 0 Å². The van der Waals surface area contributed by atoms with Crippen LogP contribution in [0.4, 0.5) is 0 Å². The second-order valence-electron chi connectivity index (χ2n) is 6.44. The summed E-state index contributed by atoms with van der Waals surface area (Å²) in [5, 5.41) is 9.55. The van der Waals surface area contributed by atoms with Gasteiger partial charge in [-0.15, -0.1) is 11.8 Å². The third-order valence-electron chi connectivity index (χ3n) is 4.76. The summed E-state index contributed by atoms with van der Waals surface area (Å²) < 4.78 is 0. The Kier molecular flexibility index (Phi) is 5.32. The minimum atomic E-state index is -0.926. The maximum absolute atomic E-state index is 13.0. The van der Waals surface area contributed by atoms with Crippen LogP contribution in [0.2, 0.25) is 0 Å². The van der Waals surface area contributed by atoms with Gasteiger partial charge in [-0.25, -0.2) is 0 Å². The van der Waals surface area contributed by atoms with E-state index in [2.05, 4.69) is 0 Å². The lowest BCUT2D eigenvalue weighted by Gasteiger charge is -2.35. The molecule has 0 spiro atoms. The Morgan fingerprint density at radius 2 is 2.04 bits per heavy atom. The van der Waals surface area contributed by atoms with Gasteiger partial charge < -0.3 is 14.9 Å². The number of benzene rings is 1. The molecule has 0 bridgehead atoms. The number of carbonyl (C=O) groups is 3. The van der Waals surface area contributed by atoms with Gasteiger partial charge in [0.25, 0.3) is 0 Å². The second-order valence-corrected chi connectivity index (χ2v) is 7.44. The fourth-order valence-corrected chi connectivity index (χ4v) is 4.62. The Morgan fingerprint density at radius 1 is 1.28 bits per heavy atom. The van der Waals surface area contributed by atoms with Crippen LogP contribution in [0.3, 0.4) is 0 Å². The summed E-state index contributed by atoms with van der Waals surface area (Å²) in [7, 11) is 0. The number of carbonyl (C=O) groups excluding carboxylic acids is 2. The number of carboxylic acid groups (broad SMARTS) is 1. The first-order chi connectivity index (χ1) is 12.0. The molecule has 1 N–H and O–H groups in total.